The van der Waals surface area contributed by atoms with Crippen molar-refractivity contribution in [1.29, 1.82) is 0 Å². The van der Waals surface area contributed by atoms with Crippen LogP contribution >= 0.6 is 0 Å². The molecule has 0 aromatic heterocycles. The molecule has 0 spiro atoms. The molecule has 0 aliphatic heterocycles. The lowest BCUT2D eigenvalue weighted by Crippen LogP contribution is -2.09. The summed E-state index contributed by atoms with van der Waals surface area (Å²) in [6.45, 7) is 2.06. The van der Waals surface area contributed by atoms with E-state index >= 15 is 0 Å². The summed E-state index contributed by atoms with van der Waals surface area (Å²) in [6, 6.07) is 0. The maximum atomic E-state index is 3.14. The van der Waals surface area contributed by atoms with Crippen LogP contribution < -0.4 is 5.32 Å². The van der Waals surface area contributed by atoms with Gasteiger partial charge >= 0.3 is 0 Å². The van der Waals surface area contributed by atoms with Gasteiger partial charge in [0.25, 0.3) is 0 Å². The Morgan fingerprint density at radius 2 is 2.25 bits per heavy atom. The Labute approximate surface area is 75.6 Å². The minimum atomic E-state index is 0.983. The molecule has 0 bridgehead atoms. The van der Waals surface area contributed by atoms with Crippen LogP contribution in [0.15, 0.2) is 23.9 Å². The van der Waals surface area contributed by atoms with Gasteiger partial charge in [0.2, 0.25) is 0 Å². The molecule has 1 saturated carbocycles. The minimum Gasteiger partial charge on any atom is -0.388 e. The van der Waals surface area contributed by atoms with Crippen molar-refractivity contribution >= 4 is 0 Å². The standard InChI is InChI=1S/C11H19N/c1-3-11(12-2)9-5-8-10-6-4-7-10/h3,5,9-10,12H,4,6-8H2,1-2H3/b9-5-,11-3+. The number of allylic oxidation sites excluding steroid dienone is 3. The lowest BCUT2D eigenvalue weighted by Gasteiger charge is -2.23. The fourth-order valence-corrected chi connectivity index (χ4v) is 1.44. The van der Waals surface area contributed by atoms with E-state index < -0.39 is 0 Å². The second-order valence-corrected chi connectivity index (χ2v) is 3.43. The van der Waals surface area contributed by atoms with Crippen LogP contribution in [0.5, 0.6) is 0 Å². The second-order valence-electron chi connectivity index (χ2n) is 3.43. The molecule has 0 atom stereocenters. The van der Waals surface area contributed by atoms with Crippen molar-refractivity contribution in [2.75, 3.05) is 7.05 Å². The van der Waals surface area contributed by atoms with Gasteiger partial charge in [-0.1, -0.05) is 31.4 Å². The Hall–Kier alpha value is -0.720. The number of nitrogens with one attached hydrogen (secondary N) is 1. The Bertz CT molecular complexity index is 175. The molecule has 68 valence electrons. The molecule has 0 aromatic rings. The van der Waals surface area contributed by atoms with Gasteiger partial charge in [-0.25, -0.2) is 0 Å². The lowest BCUT2D eigenvalue weighted by molar-refractivity contribution is 0.319. The van der Waals surface area contributed by atoms with Crippen molar-refractivity contribution in [2.45, 2.75) is 32.6 Å². The largest absolute Gasteiger partial charge is 0.388 e. The van der Waals surface area contributed by atoms with Gasteiger partial charge in [-0.2, -0.15) is 0 Å². The maximum Gasteiger partial charge on any atom is 0.0290 e. The Balaban J connectivity index is 2.19. The van der Waals surface area contributed by atoms with E-state index in [1.165, 1.54) is 31.4 Å². The monoisotopic (exact) mass is 165 g/mol. The highest BCUT2D eigenvalue weighted by Gasteiger charge is 2.14. The molecular weight excluding hydrogens is 146 g/mol. The average molecular weight is 165 g/mol. The first kappa shape index (κ1) is 9.37. The smallest absolute Gasteiger partial charge is 0.0290 e. The van der Waals surface area contributed by atoms with E-state index in [0.29, 0.717) is 0 Å². The minimum absolute atomic E-state index is 0.983. The molecule has 1 heteroatoms. The van der Waals surface area contributed by atoms with Crippen molar-refractivity contribution in [3.8, 4) is 0 Å². The highest BCUT2D eigenvalue weighted by Crippen LogP contribution is 2.29. The number of likely N-dealkylation sites (N-methyl/N-ethyl adjacent to an activating group) is 1. The average Bonchev–Trinajstić information content (AvgIpc) is 2.02. The van der Waals surface area contributed by atoms with E-state index in [4.69, 9.17) is 0 Å². The van der Waals surface area contributed by atoms with E-state index in [-0.39, 0.29) is 0 Å². The highest BCUT2D eigenvalue weighted by atomic mass is 14.8. The Kier molecular flexibility index (Phi) is 3.92. The molecule has 0 unspecified atom stereocenters. The van der Waals surface area contributed by atoms with E-state index in [1.807, 2.05) is 7.05 Å². The second kappa shape index (κ2) is 5.02. The topological polar surface area (TPSA) is 12.0 Å². The summed E-state index contributed by atoms with van der Waals surface area (Å²) in [7, 11) is 1.96. The Morgan fingerprint density at radius 3 is 2.67 bits per heavy atom. The first-order valence-corrected chi connectivity index (χ1v) is 4.87. The summed E-state index contributed by atoms with van der Waals surface area (Å²) >= 11 is 0. The zero-order chi connectivity index (χ0) is 8.81. The zero-order valence-electron chi connectivity index (χ0n) is 8.14. The van der Waals surface area contributed by atoms with E-state index in [1.54, 1.807) is 0 Å². The lowest BCUT2D eigenvalue weighted by atomic mass is 9.83. The van der Waals surface area contributed by atoms with Gasteiger partial charge < -0.3 is 5.32 Å². The van der Waals surface area contributed by atoms with Crippen molar-refractivity contribution < 1.29 is 0 Å². The molecule has 1 fully saturated rings. The first-order valence-electron chi connectivity index (χ1n) is 4.87. The van der Waals surface area contributed by atoms with Gasteiger partial charge in [0.05, 0.1) is 0 Å². The quantitative estimate of drug-likeness (QED) is 0.632. The molecule has 1 aliphatic carbocycles. The molecule has 0 aromatic carbocycles. The van der Waals surface area contributed by atoms with Gasteiger partial charge in [-0.15, -0.1) is 0 Å². The van der Waals surface area contributed by atoms with Gasteiger partial charge in [0.15, 0.2) is 0 Å². The van der Waals surface area contributed by atoms with Gasteiger partial charge in [0, 0.05) is 12.7 Å². The fourth-order valence-electron chi connectivity index (χ4n) is 1.44. The molecule has 0 radical (unpaired) electrons. The third-order valence-electron chi connectivity index (χ3n) is 2.59. The third-order valence-corrected chi connectivity index (χ3v) is 2.59. The van der Waals surface area contributed by atoms with Crippen molar-refractivity contribution in [3.05, 3.63) is 23.9 Å². The molecule has 12 heavy (non-hydrogen) atoms. The van der Waals surface area contributed by atoms with Crippen LogP contribution in [0.3, 0.4) is 0 Å². The van der Waals surface area contributed by atoms with Crippen LogP contribution in [0.25, 0.3) is 0 Å². The van der Waals surface area contributed by atoms with E-state index in [0.717, 1.165) is 5.92 Å². The number of hydrogen-bond donors (Lipinski definition) is 1. The maximum absolute atomic E-state index is 3.14. The molecule has 0 heterocycles. The van der Waals surface area contributed by atoms with Crippen LogP contribution in [0.4, 0.5) is 0 Å². The summed E-state index contributed by atoms with van der Waals surface area (Å²) in [5.74, 6) is 0.983. The van der Waals surface area contributed by atoms with Crippen molar-refractivity contribution in [1.82, 2.24) is 5.32 Å². The molecule has 1 nitrogen and oxygen atoms in total. The van der Waals surface area contributed by atoms with Crippen LogP contribution in [-0.2, 0) is 0 Å². The van der Waals surface area contributed by atoms with Crippen LogP contribution in [0.1, 0.15) is 32.6 Å². The van der Waals surface area contributed by atoms with E-state index in [9.17, 15) is 0 Å². The normalized spacial score (nSPS) is 19.7. The first-order chi connectivity index (χ1) is 5.86. The zero-order valence-corrected chi connectivity index (χ0v) is 8.14. The van der Waals surface area contributed by atoms with Gasteiger partial charge in [0.1, 0.15) is 0 Å². The van der Waals surface area contributed by atoms with Crippen molar-refractivity contribution in [3.63, 3.8) is 0 Å². The molecule has 0 amide bonds. The summed E-state index contributed by atoms with van der Waals surface area (Å²) in [6.07, 6.45) is 12.1. The molecule has 0 saturated heterocycles. The molecule has 1 rings (SSSR count). The summed E-state index contributed by atoms with van der Waals surface area (Å²) in [4.78, 5) is 0. The summed E-state index contributed by atoms with van der Waals surface area (Å²) in [5.41, 5.74) is 1.22. The van der Waals surface area contributed by atoms with Crippen LogP contribution in [0.2, 0.25) is 0 Å². The fraction of sp³-hybridized carbons (Fsp3) is 0.636. The number of rotatable bonds is 4. The molecular formula is C11H19N. The van der Waals surface area contributed by atoms with Gasteiger partial charge in [-0.05, 0) is 25.3 Å². The number of hydrogen-bond acceptors (Lipinski definition) is 1. The van der Waals surface area contributed by atoms with Crippen molar-refractivity contribution in [2.24, 2.45) is 5.92 Å². The molecule has 1 aliphatic rings. The third kappa shape index (κ3) is 2.72. The van der Waals surface area contributed by atoms with Crippen LogP contribution in [0, 0.1) is 5.92 Å². The summed E-state index contributed by atoms with van der Waals surface area (Å²) < 4.78 is 0. The highest BCUT2D eigenvalue weighted by molar-refractivity contribution is 5.15. The predicted octanol–water partition coefficient (Wildman–Crippen LogP) is 2.86. The molecule has 1 N–H and O–H groups in total. The SMILES string of the molecule is C/C=C(\C=C/CC1CCC1)NC. The summed E-state index contributed by atoms with van der Waals surface area (Å²) in [5, 5.41) is 3.14. The Morgan fingerprint density at radius 1 is 1.50 bits per heavy atom. The van der Waals surface area contributed by atoms with E-state index in [2.05, 4.69) is 30.5 Å². The van der Waals surface area contributed by atoms with Crippen LogP contribution in [-0.4, -0.2) is 7.05 Å². The van der Waals surface area contributed by atoms with Gasteiger partial charge in [-0.3, -0.25) is 0 Å². The predicted molar refractivity (Wildman–Crippen MR) is 53.9 cm³/mol.